The van der Waals surface area contributed by atoms with Crippen LogP contribution in [0.3, 0.4) is 0 Å². The number of methoxy groups -OCH3 is 3. The van der Waals surface area contributed by atoms with E-state index in [4.69, 9.17) is 14.2 Å². The second kappa shape index (κ2) is 8.58. The van der Waals surface area contributed by atoms with Crippen molar-refractivity contribution < 1.29 is 28.6 Å². The average molecular weight is 475 g/mol. The number of hydrogen-bond donors (Lipinski definition) is 1. The summed E-state index contributed by atoms with van der Waals surface area (Å²) >= 11 is 3.35. The van der Waals surface area contributed by atoms with Gasteiger partial charge in [-0.05, 0) is 54.5 Å². The molecule has 0 aromatic heterocycles. The van der Waals surface area contributed by atoms with Crippen molar-refractivity contribution >= 4 is 45.5 Å². The number of hydrogen-bond acceptors (Lipinski definition) is 6. The van der Waals surface area contributed by atoms with Crippen molar-refractivity contribution in [2.24, 2.45) is 0 Å². The van der Waals surface area contributed by atoms with Crippen molar-refractivity contribution in [3.8, 4) is 17.2 Å². The fraction of sp³-hybridized carbons (Fsp3) is 0.190. The van der Waals surface area contributed by atoms with Crippen LogP contribution in [-0.2, 0) is 9.59 Å². The normalized spacial score (nSPS) is 15.3. The number of barbiturate groups is 1. The number of carbonyl (C=O) groups excluding carboxylic acids is 3. The smallest absolute Gasteiger partial charge is 0.335 e. The first-order valence-corrected chi connectivity index (χ1v) is 9.57. The van der Waals surface area contributed by atoms with Gasteiger partial charge in [0.2, 0.25) is 5.75 Å². The van der Waals surface area contributed by atoms with Crippen LogP contribution in [0.2, 0.25) is 0 Å². The number of nitrogens with one attached hydrogen (secondary N) is 1. The molecule has 0 saturated carbocycles. The summed E-state index contributed by atoms with van der Waals surface area (Å²) in [5.74, 6) is -0.412. The highest BCUT2D eigenvalue weighted by atomic mass is 79.9. The Hall–Kier alpha value is -3.33. The summed E-state index contributed by atoms with van der Waals surface area (Å²) in [6.45, 7) is 1.76. The molecule has 1 aliphatic heterocycles. The number of nitrogens with zero attached hydrogens (tertiary/aromatic N) is 1. The summed E-state index contributed by atoms with van der Waals surface area (Å²) < 4.78 is 16.7. The number of amides is 4. The standard InChI is InChI=1S/C21H19BrN2O6/c1-11-7-13(22)5-6-15(11)24-20(26)14(19(25)23-21(24)27)8-12-9-16(28-2)18(30-4)17(10-12)29-3/h5-10H,1-4H3,(H,23,25,27). The van der Waals surface area contributed by atoms with Gasteiger partial charge in [0.1, 0.15) is 5.57 Å². The van der Waals surface area contributed by atoms with E-state index in [1.54, 1.807) is 37.3 Å². The molecule has 156 valence electrons. The predicted molar refractivity (Wildman–Crippen MR) is 114 cm³/mol. The van der Waals surface area contributed by atoms with Crippen molar-refractivity contribution in [2.75, 3.05) is 26.2 Å². The molecule has 8 nitrogen and oxygen atoms in total. The molecule has 4 amide bonds. The Labute approximate surface area is 181 Å². The van der Waals surface area contributed by atoms with Gasteiger partial charge >= 0.3 is 6.03 Å². The lowest BCUT2D eigenvalue weighted by Gasteiger charge is -2.27. The van der Waals surface area contributed by atoms with Gasteiger partial charge in [0.05, 0.1) is 27.0 Å². The molecule has 0 unspecified atom stereocenters. The number of aryl methyl sites for hydroxylation is 1. The maximum Gasteiger partial charge on any atom is 0.335 e. The molecular weight excluding hydrogens is 456 g/mol. The summed E-state index contributed by atoms with van der Waals surface area (Å²) in [4.78, 5) is 38.9. The zero-order valence-corrected chi connectivity index (χ0v) is 18.3. The van der Waals surface area contributed by atoms with Gasteiger partial charge in [0, 0.05) is 4.47 Å². The van der Waals surface area contributed by atoms with Crippen molar-refractivity contribution in [3.05, 3.63) is 51.5 Å². The van der Waals surface area contributed by atoms with E-state index in [1.165, 1.54) is 27.4 Å². The highest BCUT2D eigenvalue weighted by Crippen LogP contribution is 2.39. The minimum Gasteiger partial charge on any atom is -0.493 e. The van der Waals surface area contributed by atoms with Crippen molar-refractivity contribution in [1.82, 2.24) is 5.32 Å². The van der Waals surface area contributed by atoms with Crippen LogP contribution in [0.5, 0.6) is 17.2 Å². The average Bonchev–Trinajstić information content (AvgIpc) is 2.71. The molecule has 1 aliphatic rings. The van der Waals surface area contributed by atoms with E-state index in [2.05, 4.69) is 21.2 Å². The summed E-state index contributed by atoms with van der Waals surface area (Å²) in [5, 5.41) is 2.21. The molecule has 0 spiro atoms. The van der Waals surface area contributed by atoms with Crippen molar-refractivity contribution in [3.63, 3.8) is 0 Å². The third-order valence-corrected chi connectivity index (χ3v) is 4.99. The van der Waals surface area contributed by atoms with Crippen LogP contribution < -0.4 is 24.4 Å². The third kappa shape index (κ3) is 3.88. The molecular formula is C21H19BrN2O6. The SMILES string of the molecule is COc1cc(C=C2C(=O)NC(=O)N(c3ccc(Br)cc3C)C2=O)cc(OC)c1OC. The van der Waals surface area contributed by atoms with Gasteiger partial charge in [-0.3, -0.25) is 14.9 Å². The summed E-state index contributed by atoms with van der Waals surface area (Å²) in [6.07, 6.45) is 1.37. The zero-order valence-electron chi connectivity index (χ0n) is 16.7. The third-order valence-electron chi connectivity index (χ3n) is 4.50. The van der Waals surface area contributed by atoms with Gasteiger partial charge < -0.3 is 14.2 Å². The molecule has 1 N–H and O–H groups in total. The predicted octanol–water partition coefficient (Wildman–Crippen LogP) is 3.45. The summed E-state index contributed by atoms with van der Waals surface area (Å²) in [5.41, 5.74) is 1.33. The molecule has 9 heteroatoms. The molecule has 30 heavy (non-hydrogen) atoms. The molecule has 0 aliphatic carbocycles. The summed E-state index contributed by atoms with van der Waals surface area (Å²) in [7, 11) is 4.40. The fourth-order valence-electron chi connectivity index (χ4n) is 3.10. The molecule has 2 aromatic rings. The number of carbonyl (C=O) groups is 3. The van der Waals surface area contributed by atoms with Gasteiger partial charge in [-0.25, -0.2) is 9.69 Å². The molecule has 1 fully saturated rings. The Morgan fingerprint density at radius 1 is 0.967 bits per heavy atom. The van der Waals surface area contributed by atoms with Gasteiger partial charge in [0.15, 0.2) is 11.5 Å². The van der Waals surface area contributed by atoms with Crippen LogP contribution >= 0.6 is 15.9 Å². The Bertz CT molecular complexity index is 1050. The first-order chi connectivity index (χ1) is 14.3. The Morgan fingerprint density at radius 3 is 2.13 bits per heavy atom. The minimum atomic E-state index is -0.808. The van der Waals surface area contributed by atoms with E-state index in [0.717, 1.165) is 9.37 Å². The monoisotopic (exact) mass is 474 g/mol. The second-order valence-corrected chi connectivity index (χ2v) is 7.26. The number of ether oxygens (including phenoxy) is 3. The zero-order chi connectivity index (χ0) is 22.0. The van der Waals surface area contributed by atoms with Crippen LogP contribution in [0.15, 0.2) is 40.4 Å². The first-order valence-electron chi connectivity index (χ1n) is 8.78. The van der Waals surface area contributed by atoms with Crippen molar-refractivity contribution in [1.29, 1.82) is 0 Å². The molecule has 1 heterocycles. The van der Waals surface area contributed by atoms with E-state index in [1.807, 2.05) is 0 Å². The Balaban J connectivity index is 2.09. The van der Waals surface area contributed by atoms with E-state index in [0.29, 0.717) is 34.1 Å². The van der Waals surface area contributed by atoms with Crippen LogP contribution in [0, 0.1) is 6.92 Å². The van der Waals surface area contributed by atoms with Crippen LogP contribution in [-0.4, -0.2) is 39.2 Å². The van der Waals surface area contributed by atoms with Gasteiger partial charge in [0.25, 0.3) is 11.8 Å². The largest absolute Gasteiger partial charge is 0.493 e. The lowest BCUT2D eigenvalue weighted by molar-refractivity contribution is -0.122. The van der Waals surface area contributed by atoms with Gasteiger partial charge in [-0.2, -0.15) is 0 Å². The van der Waals surface area contributed by atoms with Gasteiger partial charge in [-0.15, -0.1) is 0 Å². The highest BCUT2D eigenvalue weighted by Gasteiger charge is 2.37. The fourth-order valence-corrected chi connectivity index (χ4v) is 3.57. The molecule has 0 bridgehead atoms. The lowest BCUT2D eigenvalue weighted by Crippen LogP contribution is -2.54. The van der Waals surface area contributed by atoms with E-state index < -0.39 is 17.8 Å². The number of imide groups is 2. The van der Waals surface area contributed by atoms with Crippen LogP contribution in [0.4, 0.5) is 10.5 Å². The number of anilines is 1. The van der Waals surface area contributed by atoms with Crippen molar-refractivity contribution in [2.45, 2.75) is 6.92 Å². The lowest BCUT2D eigenvalue weighted by atomic mass is 10.0. The maximum absolute atomic E-state index is 13.1. The first kappa shape index (κ1) is 21.4. The molecule has 3 rings (SSSR count). The molecule has 2 aromatic carbocycles. The Morgan fingerprint density at radius 2 is 1.60 bits per heavy atom. The number of halogens is 1. The number of rotatable bonds is 5. The Kier molecular flexibility index (Phi) is 6.12. The van der Waals surface area contributed by atoms with E-state index in [9.17, 15) is 14.4 Å². The second-order valence-electron chi connectivity index (χ2n) is 6.35. The van der Waals surface area contributed by atoms with E-state index >= 15 is 0 Å². The number of urea groups is 1. The summed E-state index contributed by atoms with van der Waals surface area (Å²) in [6, 6.07) is 7.50. The maximum atomic E-state index is 13.1. The topological polar surface area (TPSA) is 94.2 Å². The van der Waals surface area contributed by atoms with E-state index in [-0.39, 0.29) is 5.57 Å². The van der Waals surface area contributed by atoms with Crippen LogP contribution in [0.25, 0.3) is 6.08 Å². The van der Waals surface area contributed by atoms with Crippen LogP contribution in [0.1, 0.15) is 11.1 Å². The molecule has 1 saturated heterocycles. The number of benzene rings is 2. The van der Waals surface area contributed by atoms with Gasteiger partial charge in [-0.1, -0.05) is 15.9 Å². The minimum absolute atomic E-state index is 0.203. The highest BCUT2D eigenvalue weighted by molar-refractivity contribution is 9.10. The molecule has 0 radical (unpaired) electrons. The quantitative estimate of drug-likeness (QED) is 0.526. The molecule has 0 atom stereocenters.